The Labute approximate surface area is 151 Å². The first kappa shape index (κ1) is 21.1. The predicted octanol–water partition coefficient (Wildman–Crippen LogP) is 1.67. The van der Waals surface area contributed by atoms with E-state index in [2.05, 4.69) is 5.32 Å². The van der Waals surface area contributed by atoms with Gasteiger partial charge in [0.1, 0.15) is 0 Å². The normalized spacial score (nSPS) is 11.5. The molecule has 0 spiro atoms. The maximum atomic E-state index is 12.1. The highest BCUT2D eigenvalue weighted by Gasteiger charge is 2.17. The number of nitro benzene ring substituents is 1. The number of aliphatic carboxylic acids is 1. The van der Waals surface area contributed by atoms with Crippen LogP contribution in [0.5, 0.6) is 0 Å². The van der Waals surface area contributed by atoms with Crippen molar-refractivity contribution in [2.24, 2.45) is 5.92 Å². The summed E-state index contributed by atoms with van der Waals surface area (Å²) in [6.07, 6.45) is 0.400. The Morgan fingerprint density at radius 2 is 1.88 bits per heavy atom. The summed E-state index contributed by atoms with van der Waals surface area (Å²) in [5.74, 6) is -2.07. The monoisotopic (exact) mass is 365 g/mol. The van der Waals surface area contributed by atoms with E-state index >= 15 is 0 Å². The van der Waals surface area contributed by atoms with Crippen molar-refractivity contribution >= 4 is 23.5 Å². The number of amides is 2. The molecule has 26 heavy (non-hydrogen) atoms. The molecule has 1 aromatic rings. The molecule has 0 aromatic heterocycles. The summed E-state index contributed by atoms with van der Waals surface area (Å²) in [4.78, 5) is 46.5. The maximum absolute atomic E-state index is 12.1. The van der Waals surface area contributed by atoms with Gasteiger partial charge < -0.3 is 15.3 Å². The van der Waals surface area contributed by atoms with Gasteiger partial charge in [-0.15, -0.1) is 0 Å². The Morgan fingerprint density at radius 1 is 1.27 bits per heavy atom. The van der Waals surface area contributed by atoms with E-state index in [9.17, 15) is 24.5 Å². The van der Waals surface area contributed by atoms with E-state index in [0.29, 0.717) is 18.7 Å². The number of nitrogens with zero attached hydrogens (tertiary/aromatic N) is 2. The van der Waals surface area contributed by atoms with Crippen LogP contribution in [0.15, 0.2) is 24.3 Å². The fourth-order valence-corrected chi connectivity index (χ4v) is 2.22. The van der Waals surface area contributed by atoms with Crippen LogP contribution in [0.1, 0.15) is 37.0 Å². The molecule has 1 unspecified atom stereocenters. The van der Waals surface area contributed by atoms with Gasteiger partial charge in [0.2, 0.25) is 5.91 Å². The molecule has 0 aliphatic carbocycles. The number of carboxylic acids is 1. The minimum atomic E-state index is -0.934. The Kier molecular flexibility index (Phi) is 8.20. The number of rotatable bonds is 10. The zero-order chi connectivity index (χ0) is 19.7. The van der Waals surface area contributed by atoms with Crippen LogP contribution in [0.25, 0.3) is 0 Å². The average molecular weight is 365 g/mol. The third kappa shape index (κ3) is 6.50. The first-order valence-corrected chi connectivity index (χ1v) is 8.29. The molecule has 0 saturated carbocycles. The average Bonchev–Trinajstić information content (AvgIpc) is 2.62. The topological polar surface area (TPSA) is 130 Å². The van der Waals surface area contributed by atoms with Crippen LogP contribution in [0.4, 0.5) is 5.69 Å². The number of carbonyl (C=O) groups excluding carboxylic acids is 2. The molecule has 0 heterocycles. The largest absolute Gasteiger partial charge is 0.481 e. The van der Waals surface area contributed by atoms with Gasteiger partial charge in [-0.25, -0.2) is 0 Å². The summed E-state index contributed by atoms with van der Waals surface area (Å²) < 4.78 is 0. The van der Waals surface area contributed by atoms with E-state index in [1.165, 1.54) is 24.3 Å². The number of carbonyl (C=O) groups is 3. The molecule has 1 aromatic carbocycles. The van der Waals surface area contributed by atoms with E-state index in [-0.39, 0.29) is 36.9 Å². The molecule has 1 rings (SSSR count). The maximum Gasteiger partial charge on any atom is 0.306 e. The quantitative estimate of drug-likeness (QED) is 0.479. The van der Waals surface area contributed by atoms with E-state index in [4.69, 9.17) is 5.11 Å². The van der Waals surface area contributed by atoms with Crippen LogP contribution < -0.4 is 5.32 Å². The van der Waals surface area contributed by atoms with Crippen molar-refractivity contribution in [3.05, 3.63) is 39.9 Å². The van der Waals surface area contributed by atoms with Gasteiger partial charge in [-0.3, -0.25) is 24.5 Å². The Bertz CT molecular complexity index is 659. The molecule has 2 N–H and O–H groups in total. The zero-order valence-electron chi connectivity index (χ0n) is 14.8. The van der Waals surface area contributed by atoms with Crippen molar-refractivity contribution in [1.82, 2.24) is 10.2 Å². The number of benzene rings is 1. The summed E-state index contributed by atoms with van der Waals surface area (Å²) >= 11 is 0. The number of hydrogen-bond donors (Lipinski definition) is 2. The fourth-order valence-electron chi connectivity index (χ4n) is 2.22. The van der Waals surface area contributed by atoms with Gasteiger partial charge in [-0.2, -0.15) is 0 Å². The van der Waals surface area contributed by atoms with Crippen LogP contribution in [0, 0.1) is 16.0 Å². The SMILES string of the molecule is CCN(CCNC(=O)c1ccc([N+](=O)[O-])cc1)C(=O)CCC(C)C(=O)O. The Balaban J connectivity index is 2.45. The number of nitro groups is 1. The second-order valence-electron chi connectivity index (χ2n) is 5.81. The molecule has 142 valence electrons. The van der Waals surface area contributed by atoms with Crippen molar-refractivity contribution in [1.29, 1.82) is 0 Å². The highest BCUT2D eigenvalue weighted by Crippen LogP contribution is 2.12. The Morgan fingerprint density at radius 3 is 2.38 bits per heavy atom. The standard InChI is InChI=1S/C17H23N3O6/c1-3-19(15(21)9-4-12(2)17(23)24)11-10-18-16(22)13-5-7-14(8-6-13)20(25)26/h5-8,12H,3-4,9-11H2,1-2H3,(H,18,22)(H,23,24). The molecule has 0 aliphatic heterocycles. The predicted molar refractivity (Wildman–Crippen MR) is 93.7 cm³/mol. The number of likely N-dealkylation sites (N-methyl/N-ethyl adjacent to an activating group) is 1. The van der Waals surface area contributed by atoms with Crippen molar-refractivity contribution < 1.29 is 24.4 Å². The van der Waals surface area contributed by atoms with Crippen LogP contribution >= 0.6 is 0 Å². The summed E-state index contributed by atoms with van der Waals surface area (Å²) in [7, 11) is 0. The van der Waals surface area contributed by atoms with Crippen molar-refractivity contribution in [3.63, 3.8) is 0 Å². The molecular formula is C17H23N3O6. The minimum absolute atomic E-state index is 0.0973. The highest BCUT2D eigenvalue weighted by atomic mass is 16.6. The molecule has 2 amide bonds. The van der Waals surface area contributed by atoms with Gasteiger partial charge in [0.25, 0.3) is 11.6 Å². The van der Waals surface area contributed by atoms with Crippen LogP contribution in [-0.4, -0.2) is 52.3 Å². The minimum Gasteiger partial charge on any atom is -0.481 e. The first-order chi connectivity index (χ1) is 12.3. The van der Waals surface area contributed by atoms with Crippen molar-refractivity contribution in [2.75, 3.05) is 19.6 Å². The lowest BCUT2D eigenvalue weighted by atomic mass is 10.1. The van der Waals surface area contributed by atoms with Gasteiger partial charge in [0.15, 0.2) is 0 Å². The zero-order valence-corrected chi connectivity index (χ0v) is 14.8. The molecule has 0 aliphatic rings. The molecule has 0 saturated heterocycles. The van der Waals surface area contributed by atoms with Gasteiger partial charge in [0, 0.05) is 43.8 Å². The van der Waals surface area contributed by atoms with Gasteiger partial charge in [0.05, 0.1) is 10.8 Å². The second-order valence-corrected chi connectivity index (χ2v) is 5.81. The van der Waals surface area contributed by atoms with Gasteiger partial charge in [-0.1, -0.05) is 6.92 Å². The van der Waals surface area contributed by atoms with E-state index in [0.717, 1.165) is 0 Å². The summed E-state index contributed by atoms with van der Waals surface area (Å²) in [5.41, 5.74) is 0.195. The van der Waals surface area contributed by atoms with Crippen LogP contribution in [-0.2, 0) is 9.59 Å². The lowest BCUT2D eigenvalue weighted by Crippen LogP contribution is -2.38. The summed E-state index contributed by atoms with van der Waals surface area (Å²) in [5, 5.41) is 22.1. The molecule has 0 bridgehead atoms. The number of nitrogens with one attached hydrogen (secondary N) is 1. The van der Waals surface area contributed by atoms with E-state index in [1.807, 2.05) is 0 Å². The smallest absolute Gasteiger partial charge is 0.306 e. The first-order valence-electron chi connectivity index (χ1n) is 8.29. The molecule has 0 radical (unpaired) electrons. The van der Waals surface area contributed by atoms with E-state index < -0.39 is 16.8 Å². The summed E-state index contributed by atoms with van der Waals surface area (Å²) in [6.45, 7) is 4.33. The van der Waals surface area contributed by atoms with Gasteiger partial charge >= 0.3 is 5.97 Å². The molecular weight excluding hydrogens is 342 g/mol. The highest BCUT2D eigenvalue weighted by molar-refractivity contribution is 5.94. The summed E-state index contributed by atoms with van der Waals surface area (Å²) in [6, 6.07) is 5.23. The number of non-ortho nitro benzene ring substituents is 1. The van der Waals surface area contributed by atoms with E-state index in [1.54, 1.807) is 18.7 Å². The number of carboxylic acid groups (broad SMARTS) is 1. The molecule has 9 heteroatoms. The third-order valence-corrected chi connectivity index (χ3v) is 3.95. The van der Waals surface area contributed by atoms with Crippen molar-refractivity contribution in [2.45, 2.75) is 26.7 Å². The molecule has 0 fully saturated rings. The van der Waals surface area contributed by atoms with Crippen LogP contribution in [0.3, 0.4) is 0 Å². The molecule has 1 atom stereocenters. The fraction of sp³-hybridized carbons (Fsp3) is 0.471. The molecule has 9 nitrogen and oxygen atoms in total. The van der Waals surface area contributed by atoms with Crippen LogP contribution in [0.2, 0.25) is 0 Å². The lowest BCUT2D eigenvalue weighted by Gasteiger charge is -2.21. The Hall–Kier alpha value is -2.97. The van der Waals surface area contributed by atoms with Crippen molar-refractivity contribution in [3.8, 4) is 0 Å². The number of hydrogen-bond acceptors (Lipinski definition) is 5. The van der Waals surface area contributed by atoms with Gasteiger partial charge in [-0.05, 0) is 25.5 Å². The third-order valence-electron chi connectivity index (χ3n) is 3.95. The second kappa shape index (κ2) is 10.1. The lowest BCUT2D eigenvalue weighted by molar-refractivity contribution is -0.384.